The fourth-order valence-corrected chi connectivity index (χ4v) is 4.23. The van der Waals surface area contributed by atoms with Gasteiger partial charge in [-0.25, -0.2) is 9.48 Å². The van der Waals surface area contributed by atoms with Crippen LogP contribution in [0.4, 0.5) is 0 Å². The van der Waals surface area contributed by atoms with Gasteiger partial charge in [-0.2, -0.15) is 5.10 Å². The van der Waals surface area contributed by atoms with E-state index < -0.39 is 36.4 Å². The minimum atomic E-state index is -2.74. The summed E-state index contributed by atoms with van der Waals surface area (Å²) < 4.78 is 18.6. The van der Waals surface area contributed by atoms with Crippen LogP contribution in [0.5, 0.6) is 11.5 Å². The molecule has 1 aliphatic heterocycles. The second kappa shape index (κ2) is 15.0. The number of rotatable bonds is 14. The second-order valence-corrected chi connectivity index (χ2v) is 9.36. The monoisotopic (exact) mass is 563 g/mol. The molecule has 2 aromatic rings. The van der Waals surface area contributed by atoms with E-state index >= 15 is 0 Å². The van der Waals surface area contributed by atoms with Gasteiger partial charge in [0, 0.05) is 49.8 Å². The highest BCUT2D eigenvalue weighted by atomic mass is 16.5. The van der Waals surface area contributed by atoms with Crippen molar-refractivity contribution in [3.63, 3.8) is 0 Å². The third-order valence-electron chi connectivity index (χ3n) is 6.25. The van der Waals surface area contributed by atoms with Gasteiger partial charge in [0.25, 0.3) is 0 Å². The van der Waals surface area contributed by atoms with E-state index in [1.165, 1.54) is 5.56 Å². The topological polar surface area (TPSA) is 181 Å². The van der Waals surface area contributed by atoms with Crippen LogP contribution < -0.4 is 9.47 Å². The van der Waals surface area contributed by atoms with E-state index in [9.17, 15) is 14.4 Å². The Hall–Kier alpha value is -3.94. The number of carboxylic acid groups (broad SMARTS) is 3. The minimum absolute atomic E-state index is 0.274. The highest BCUT2D eigenvalue weighted by molar-refractivity contribution is 5.88. The van der Waals surface area contributed by atoms with Gasteiger partial charge >= 0.3 is 17.9 Å². The van der Waals surface area contributed by atoms with Gasteiger partial charge in [-0.3, -0.25) is 14.5 Å². The molecule has 1 aromatic carbocycles. The molecule has 3 rings (SSSR count). The van der Waals surface area contributed by atoms with Crippen LogP contribution in [0.1, 0.15) is 42.5 Å². The summed E-state index contributed by atoms with van der Waals surface area (Å²) in [6, 6.07) is 5.92. The molecule has 1 fully saturated rings. The van der Waals surface area contributed by atoms with Crippen LogP contribution in [0, 0.1) is 6.92 Å². The summed E-state index contributed by atoms with van der Waals surface area (Å²) in [4.78, 5) is 32.9. The van der Waals surface area contributed by atoms with Gasteiger partial charge in [-0.15, -0.1) is 0 Å². The molecule has 1 aromatic heterocycles. The molecule has 2 heterocycles. The van der Waals surface area contributed by atoms with Crippen LogP contribution in [-0.4, -0.2) is 92.1 Å². The molecule has 4 N–H and O–H groups in total. The number of ether oxygens (including phenoxy) is 3. The number of carboxylic acids is 3. The summed E-state index contributed by atoms with van der Waals surface area (Å²) in [5.41, 5.74) is 0.570. The van der Waals surface area contributed by atoms with E-state index in [4.69, 9.17) is 34.6 Å². The minimum Gasteiger partial charge on any atom is -0.497 e. The van der Waals surface area contributed by atoms with Gasteiger partial charge in [-0.05, 0) is 38.0 Å². The molecule has 0 radical (unpaired) electrons. The first-order chi connectivity index (χ1) is 18.9. The Morgan fingerprint density at radius 1 is 1.15 bits per heavy atom. The Morgan fingerprint density at radius 3 is 2.27 bits per heavy atom. The normalized spacial score (nSPS) is 14.8. The van der Waals surface area contributed by atoms with Crippen molar-refractivity contribution >= 4 is 24.1 Å². The zero-order valence-electron chi connectivity index (χ0n) is 22.9. The average Bonchev–Trinajstić information content (AvgIpc) is 3.52. The van der Waals surface area contributed by atoms with Crippen molar-refractivity contribution in [2.75, 3.05) is 27.4 Å². The molecule has 1 atom stereocenters. The Bertz CT molecular complexity index is 1160. The molecule has 1 aliphatic rings. The Morgan fingerprint density at radius 2 is 1.80 bits per heavy atom. The smallest absolute Gasteiger partial charge is 0.336 e. The molecule has 0 spiro atoms. The molecule has 0 aliphatic carbocycles. The van der Waals surface area contributed by atoms with E-state index in [0.717, 1.165) is 61.8 Å². The molecule has 0 saturated carbocycles. The van der Waals surface area contributed by atoms with Crippen LogP contribution in [0.25, 0.3) is 6.20 Å². The molecule has 0 amide bonds. The number of hydrogen-bond donors (Lipinski definition) is 4. The van der Waals surface area contributed by atoms with E-state index in [-0.39, 0.29) is 6.10 Å². The molecule has 40 heavy (non-hydrogen) atoms. The first-order valence-electron chi connectivity index (χ1n) is 12.5. The van der Waals surface area contributed by atoms with Crippen molar-refractivity contribution in [1.82, 2.24) is 14.7 Å². The number of aliphatic carboxylic acids is 3. The highest BCUT2D eigenvalue weighted by Gasteiger charge is 2.40. The summed E-state index contributed by atoms with van der Waals surface area (Å²) >= 11 is 0. The van der Waals surface area contributed by atoms with Gasteiger partial charge in [-0.1, -0.05) is 6.58 Å². The summed E-state index contributed by atoms with van der Waals surface area (Å²) in [6.07, 6.45) is 3.98. The molecule has 220 valence electrons. The predicted molar refractivity (Wildman–Crippen MR) is 143 cm³/mol. The lowest BCUT2D eigenvalue weighted by molar-refractivity contribution is -0.170. The first-order valence-corrected chi connectivity index (χ1v) is 12.5. The second-order valence-electron chi connectivity index (χ2n) is 9.36. The number of aryl methyl sites for hydroxylation is 1. The largest absolute Gasteiger partial charge is 0.497 e. The van der Waals surface area contributed by atoms with E-state index in [1.807, 2.05) is 31.3 Å². The van der Waals surface area contributed by atoms with Crippen molar-refractivity contribution < 1.29 is 49.0 Å². The summed E-state index contributed by atoms with van der Waals surface area (Å²) in [5.74, 6) is -3.32. The molecule has 13 nitrogen and oxygen atoms in total. The lowest BCUT2D eigenvalue weighted by Crippen LogP contribution is -2.42. The zero-order chi connectivity index (χ0) is 29.9. The van der Waals surface area contributed by atoms with Crippen LogP contribution in [-0.2, 0) is 32.2 Å². The van der Waals surface area contributed by atoms with Crippen molar-refractivity contribution in [2.45, 2.75) is 57.4 Å². The van der Waals surface area contributed by atoms with Gasteiger partial charge in [0.2, 0.25) is 0 Å². The Labute approximate surface area is 232 Å². The van der Waals surface area contributed by atoms with Crippen molar-refractivity contribution in [3.05, 3.63) is 47.8 Å². The molecular weight excluding hydrogens is 526 g/mol. The fourth-order valence-electron chi connectivity index (χ4n) is 4.23. The van der Waals surface area contributed by atoms with Gasteiger partial charge in [0.15, 0.2) is 5.60 Å². The number of nitrogens with zero attached hydrogens (tertiary/aromatic N) is 3. The van der Waals surface area contributed by atoms with E-state index in [0.29, 0.717) is 0 Å². The molecule has 13 heteroatoms. The number of methoxy groups -OCH3 is 2. The van der Waals surface area contributed by atoms with Crippen LogP contribution in [0.15, 0.2) is 31.0 Å². The van der Waals surface area contributed by atoms with Gasteiger partial charge in [0.1, 0.15) is 11.5 Å². The standard InChI is InChI=1S/C21H29N3O3.C6H8O7/c1-5-24-14-18(16(2)22-24)13-23(15-20-7-6-10-27-20)12-17-11-19(25-3)8-9-21(17)26-4;7-3(8)1-6(13,5(11)12)2-4(9)10/h5,8-9,11,14,20H,1,6-7,10,12-13,15H2,2-4H3;13H,1-2H2,(H,7,8)(H,9,10)(H,11,12). The Kier molecular flexibility index (Phi) is 12.1. The van der Waals surface area contributed by atoms with E-state index in [1.54, 1.807) is 25.1 Å². The first kappa shape index (κ1) is 32.3. The van der Waals surface area contributed by atoms with Crippen LogP contribution >= 0.6 is 0 Å². The number of benzene rings is 1. The highest BCUT2D eigenvalue weighted by Crippen LogP contribution is 2.27. The molecule has 1 saturated heterocycles. The lowest BCUT2D eigenvalue weighted by Gasteiger charge is -2.26. The van der Waals surface area contributed by atoms with Crippen molar-refractivity contribution in [3.8, 4) is 11.5 Å². The van der Waals surface area contributed by atoms with Gasteiger partial charge in [0.05, 0.1) is 38.9 Å². The van der Waals surface area contributed by atoms with Crippen LogP contribution in [0.2, 0.25) is 0 Å². The number of aromatic nitrogens is 2. The maximum atomic E-state index is 10.3. The third kappa shape index (κ3) is 9.67. The maximum absolute atomic E-state index is 10.3. The van der Waals surface area contributed by atoms with Crippen LogP contribution in [0.3, 0.4) is 0 Å². The molecule has 1 unspecified atom stereocenters. The SMILES string of the molecule is C=Cn1cc(CN(Cc2cc(OC)ccc2OC)CC2CCCO2)c(C)n1.O=C(O)CC(O)(CC(=O)O)C(=O)O. The average molecular weight is 564 g/mol. The number of carbonyl (C=O) groups is 3. The number of hydrogen-bond acceptors (Lipinski definition) is 9. The maximum Gasteiger partial charge on any atom is 0.336 e. The fraction of sp³-hybridized carbons (Fsp3) is 0.481. The summed E-state index contributed by atoms with van der Waals surface area (Å²) in [7, 11) is 3.39. The Balaban J connectivity index is 0.000000366. The molecular formula is C27H37N3O10. The predicted octanol–water partition coefficient (Wildman–Crippen LogP) is 2.24. The lowest BCUT2D eigenvalue weighted by atomic mass is 9.96. The quantitative estimate of drug-likeness (QED) is 0.264. The van der Waals surface area contributed by atoms with Gasteiger partial charge < -0.3 is 34.6 Å². The van der Waals surface area contributed by atoms with E-state index in [2.05, 4.69) is 16.6 Å². The summed E-state index contributed by atoms with van der Waals surface area (Å²) in [5, 5.41) is 38.3. The summed E-state index contributed by atoms with van der Waals surface area (Å²) in [6.45, 7) is 9.10. The van der Waals surface area contributed by atoms with Crippen molar-refractivity contribution in [1.29, 1.82) is 0 Å². The number of aliphatic hydroxyl groups is 1. The molecule has 0 bridgehead atoms. The van der Waals surface area contributed by atoms with Crippen molar-refractivity contribution in [2.24, 2.45) is 0 Å². The zero-order valence-corrected chi connectivity index (χ0v) is 22.9. The third-order valence-corrected chi connectivity index (χ3v) is 6.25.